The molecule has 0 saturated carbocycles. The van der Waals surface area contributed by atoms with E-state index in [0.29, 0.717) is 18.5 Å². The Labute approximate surface area is 197 Å². The van der Waals surface area contributed by atoms with E-state index in [1.807, 2.05) is 12.1 Å². The number of morpholine rings is 1. The van der Waals surface area contributed by atoms with Gasteiger partial charge in [0, 0.05) is 44.1 Å². The standard InChI is InChI=1S/C22H36N6O.HI/c1-5-23-22(24-14-19-16-28-18(4)7-6-8-21(28)26-19)25-15-20(13-17(2)3)27-9-11-29-12-10-27;/h6-8,16-17,20H,5,9-15H2,1-4H3,(H2,23,24,25);1H. The number of nitrogens with one attached hydrogen (secondary N) is 2. The van der Waals surface area contributed by atoms with Crippen molar-refractivity contribution >= 4 is 35.6 Å². The lowest BCUT2D eigenvalue weighted by Crippen LogP contribution is -2.51. The van der Waals surface area contributed by atoms with E-state index in [4.69, 9.17) is 14.7 Å². The van der Waals surface area contributed by atoms with E-state index in [1.165, 1.54) is 5.69 Å². The van der Waals surface area contributed by atoms with Crippen molar-refractivity contribution in [3.63, 3.8) is 0 Å². The van der Waals surface area contributed by atoms with Crippen LogP contribution in [0.2, 0.25) is 0 Å². The Morgan fingerprint density at radius 1 is 1.23 bits per heavy atom. The van der Waals surface area contributed by atoms with Gasteiger partial charge in [-0.1, -0.05) is 19.9 Å². The molecule has 0 aliphatic carbocycles. The fourth-order valence-electron chi connectivity index (χ4n) is 3.84. The summed E-state index contributed by atoms with van der Waals surface area (Å²) in [5.74, 6) is 1.51. The molecule has 0 aromatic carbocycles. The number of pyridine rings is 1. The number of hydrogen-bond donors (Lipinski definition) is 2. The minimum absolute atomic E-state index is 0. The van der Waals surface area contributed by atoms with Crippen molar-refractivity contribution in [3.05, 3.63) is 35.8 Å². The first-order chi connectivity index (χ1) is 14.1. The number of guanidine groups is 1. The second kappa shape index (κ2) is 12.5. The molecule has 2 aromatic heterocycles. The second-order valence-corrected chi connectivity index (χ2v) is 8.14. The van der Waals surface area contributed by atoms with Gasteiger partial charge in [0.2, 0.25) is 0 Å². The Balaban J connectivity index is 0.00000320. The molecule has 1 fully saturated rings. The van der Waals surface area contributed by atoms with Gasteiger partial charge in [0.15, 0.2) is 5.96 Å². The van der Waals surface area contributed by atoms with Gasteiger partial charge in [0.25, 0.3) is 0 Å². The van der Waals surface area contributed by atoms with E-state index in [1.54, 1.807) is 0 Å². The Morgan fingerprint density at radius 2 is 2.00 bits per heavy atom. The van der Waals surface area contributed by atoms with Gasteiger partial charge >= 0.3 is 0 Å². The van der Waals surface area contributed by atoms with E-state index in [9.17, 15) is 0 Å². The van der Waals surface area contributed by atoms with Crippen LogP contribution in [0.5, 0.6) is 0 Å². The molecule has 0 bridgehead atoms. The van der Waals surface area contributed by atoms with Crippen molar-refractivity contribution in [2.45, 2.75) is 46.7 Å². The molecule has 0 spiro atoms. The number of imidazole rings is 1. The molecule has 1 aliphatic rings. The van der Waals surface area contributed by atoms with Gasteiger partial charge in [-0.2, -0.15) is 0 Å². The molecule has 3 heterocycles. The Bertz CT molecular complexity index is 800. The molecule has 2 aromatic rings. The third kappa shape index (κ3) is 7.09. The van der Waals surface area contributed by atoms with Crippen molar-refractivity contribution in [1.82, 2.24) is 24.9 Å². The third-order valence-electron chi connectivity index (χ3n) is 5.30. The number of aryl methyl sites for hydroxylation is 1. The lowest BCUT2D eigenvalue weighted by molar-refractivity contribution is 0.0132. The van der Waals surface area contributed by atoms with Gasteiger partial charge in [-0.05, 0) is 38.3 Å². The number of ether oxygens (including phenoxy) is 1. The fourth-order valence-corrected chi connectivity index (χ4v) is 3.84. The SMILES string of the molecule is CCNC(=NCc1cn2c(C)cccc2n1)NCC(CC(C)C)N1CCOCC1.I. The van der Waals surface area contributed by atoms with Crippen LogP contribution in [-0.4, -0.2) is 65.7 Å². The van der Waals surface area contributed by atoms with Crippen molar-refractivity contribution < 1.29 is 4.74 Å². The zero-order valence-corrected chi connectivity index (χ0v) is 21.1. The van der Waals surface area contributed by atoms with Gasteiger partial charge in [-0.15, -0.1) is 24.0 Å². The normalized spacial score (nSPS) is 16.5. The Hall–Kier alpha value is -1.39. The van der Waals surface area contributed by atoms with E-state index >= 15 is 0 Å². The van der Waals surface area contributed by atoms with E-state index in [-0.39, 0.29) is 24.0 Å². The van der Waals surface area contributed by atoms with Crippen LogP contribution < -0.4 is 10.6 Å². The average Bonchev–Trinajstić information content (AvgIpc) is 3.14. The summed E-state index contributed by atoms with van der Waals surface area (Å²) in [4.78, 5) is 12.0. The first-order valence-corrected chi connectivity index (χ1v) is 10.8. The summed E-state index contributed by atoms with van der Waals surface area (Å²) < 4.78 is 7.65. The van der Waals surface area contributed by atoms with Crippen molar-refractivity contribution in [2.24, 2.45) is 10.9 Å². The molecule has 7 nitrogen and oxygen atoms in total. The van der Waals surface area contributed by atoms with Crippen LogP contribution >= 0.6 is 24.0 Å². The van der Waals surface area contributed by atoms with E-state index in [0.717, 1.165) is 63.1 Å². The Morgan fingerprint density at radius 3 is 2.67 bits per heavy atom. The minimum Gasteiger partial charge on any atom is -0.379 e. The predicted octanol–water partition coefficient (Wildman–Crippen LogP) is 3.06. The first kappa shape index (κ1) is 24.9. The summed E-state index contributed by atoms with van der Waals surface area (Å²) >= 11 is 0. The molecule has 0 amide bonds. The summed E-state index contributed by atoms with van der Waals surface area (Å²) in [6.45, 7) is 14.7. The number of halogens is 1. The number of aromatic nitrogens is 2. The summed E-state index contributed by atoms with van der Waals surface area (Å²) in [5.41, 5.74) is 3.12. The lowest BCUT2D eigenvalue weighted by atomic mass is 10.0. The molecular formula is C22H37IN6O. The van der Waals surface area contributed by atoms with Gasteiger partial charge in [-0.3, -0.25) is 4.90 Å². The minimum atomic E-state index is 0. The first-order valence-electron chi connectivity index (χ1n) is 10.8. The van der Waals surface area contributed by atoms with Crippen LogP contribution in [0.25, 0.3) is 5.65 Å². The number of rotatable bonds is 8. The van der Waals surface area contributed by atoms with Crippen LogP contribution in [0.4, 0.5) is 0 Å². The van der Waals surface area contributed by atoms with Crippen LogP contribution in [-0.2, 0) is 11.3 Å². The quantitative estimate of drug-likeness (QED) is 0.313. The largest absolute Gasteiger partial charge is 0.379 e. The van der Waals surface area contributed by atoms with Gasteiger partial charge in [-0.25, -0.2) is 9.98 Å². The molecule has 3 rings (SSSR count). The molecule has 1 aliphatic heterocycles. The summed E-state index contributed by atoms with van der Waals surface area (Å²) in [6.07, 6.45) is 3.24. The molecule has 1 saturated heterocycles. The van der Waals surface area contributed by atoms with Crippen molar-refractivity contribution in [3.8, 4) is 0 Å². The number of fused-ring (bicyclic) bond motifs is 1. The van der Waals surface area contributed by atoms with Crippen LogP contribution in [0, 0.1) is 12.8 Å². The zero-order chi connectivity index (χ0) is 20.6. The average molecular weight is 528 g/mol. The summed E-state index contributed by atoms with van der Waals surface area (Å²) in [5, 5.41) is 6.93. The molecule has 8 heteroatoms. The molecule has 2 N–H and O–H groups in total. The highest BCUT2D eigenvalue weighted by Crippen LogP contribution is 2.13. The van der Waals surface area contributed by atoms with Gasteiger partial charge < -0.3 is 19.8 Å². The topological polar surface area (TPSA) is 66.2 Å². The van der Waals surface area contributed by atoms with Gasteiger partial charge in [0.05, 0.1) is 25.5 Å². The number of aliphatic imine (C=N–C) groups is 1. The van der Waals surface area contributed by atoms with Crippen molar-refractivity contribution in [1.29, 1.82) is 0 Å². The van der Waals surface area contributed by atoms with Gasteiger partial charge in [0.1, 0.15) is 5.65 Å². The highest BCUT2D eigenvalue weighted by Gasteiger charge is 2.22. The van der Waals surface area contributed by atoms with Crippen LogP contribution in [0.3, 0.4) is 0 Å². The summed E-state index contributed by atoms with van der Waals surface area (Å²) in [6, 6.07) is 6.65. The molecule has 0 radical (unpaired) electrons. The van der Waals surface area contributed by atoms with Crippen molar-refractivity contribution in [2.75, 3.05) is 39.4 Å². The smallest absolute Gasteiger partial charge is 0.191 e. The molecule has 1 unspecified atom stereocenters. The molecule has 30 heavy (non-hydrogen) atoms. The highest BCUT2D eigenvalue weighted by atomic mass is 127. The van der Waals surface area contributed by atoms with E-state index in [2.05, 4.69) is 59.9 Å². The predicted molar refractivity (Wildman–Crippen MR) is 134 cm³/mol. The Kier molecular flexibility index (Phi) is 10.3. The molecule has 168 valence electrons. The number of nitrogens with zero attached hydrogens (tertiary/aromatic N) is 4. The van der Waals surface area contributed by atoms with Crippen LogP contribution in [0.15, 0.2) is 29.4 Å². The maximum absolute atomic E-state index is 5.53. The molecular weight excluding hydrogens is 491 g/mol. The highest BCUT2D eigenvalue weighted by molar-refractivity contribution is 14.0. The summed E-state index contributed by atoms with van der Waals surface area (Å²) in [7, 11) is 0. The maximum Gasteiger partial charge on any atom is 0.191 e. The fraction of sp³-hybridized carbons (Fsp3) is 0.636. The number of hydrogen-bond acceptors (Lipinski definition) is 4. The van der Waals surface area contributed by atoms with Crippen LogP contribution in [0.1, 0.15) is 38.6 Å². The molecule has 1 atom stereocenters. The zero-order valence-electron chi connectivity index (χ0n) is 18.7. The second-order valence-electron chi connectivity index (χ2n) is 8.14. The third-order valence-corrected chi connectivity index (χ3v) is 5.30. The monoisotopic (exact) mass is 528 g/mol. The van der Waals surface area contributed by atoms with E-state index < -0.39 is 0 Å². The maximum atomic E-state index is 5.53. The lowest BCUT2D eigenvalue weighted by Gasteiger charge is -2.35.